The Morgan fingerprint density at radius 3 is 2.50 bits per heavy atom. The molecule has 0 bridgehead atoms. The Kier molecular flexibility index (Phi) is 4.23. The molecule has 0 aliphatic carbocycles. The van der Waals surface area contributed by atoms with Crippen molar-refractivity contribution in [2.75, 3.05) is 0 Å². The molecule has 3 nitrogen and oxygen atoms in total. The van der Waals surface area contributed by atoms with Crippen LogP contribution in [-0.4, -0.2) is 5.84 Å². The van der Waals surface area contributed by atoms with Crippen LogP contribution >= 0.6 is 23.7 Å². The van der Waals surface area contributed by atoms with Crippen molar-refractivity contribution in [3.05, 3.63) is 21.9 Å². The van der Waals surface area contributed by atoms with Gasteiger partial charge in [-0.3, -0.25) is 5.41 Å². The summed E-state index contributed by atoms with van der Waals surface area (Å²) in [5, 5.41) is 8.98. The standard InChI is InChI=1S/C7H11N3S.ClH/c1-4(8)6-2-5(3-11-6)7(9)10;/h2-4H,8H2,1H3,(H3,9,10);1H/t4-;/m0./s1. The van der Waals surface area contributed by atoms with Gasteiger partial charge in [-0.25, -0.2) is 0 Å². The third-order valence-electron chi connectivity index (χ3n) is 1.38. The van der Waals surface area contributed by atoms with Crippen LogP contribution in [0, 0.1) is 5.41 Å². The zero-order valence-corrected chi connectivity index (χ0v) is 8.34. The van der Waals surface area contributed by atoms with Crippen LogP contribution in [0.15, 0.2) is 11.4 Å². The summed E-state index contributed by atoms with van der Waals surface area (Å²) in [5.74, 6) is 0.105. The first-order valence-electron chi connectivity index (χ1n) is 3.29. The van der Waals surface area contributed by atoms with E-state index in [9.17, 15) is 0 Å². The van der Waals surface area contributed by atoms with Crippen LogP contribution in [0.1, 0.15) is 23.4 Å². The number of thiophene rings is 1. The van der Waals surface area contributed by atoms with Crippen molar-refractivity contribution in [2.45, 2.75) is 13.0 Å². The van der Waals surface area contributed by atoms with E-state index in [-0.39, 0.29) is 24.3 Å². The molecule has 5 heteroatoms. The first kappa shape index (κ1) is 11.4. The van der Waals surface area contributed by atoms with Crippen LogP contribution in [0.25, 0.3) is 0 Å². The molecule has 0 aliphatic rings. The average Bonchev–Trinajstić information content (AvgIpc) is 2.33. The lowest BCUT2D eigenvalue weighted by molar-refractivity contribution is 0.838. The summed E-state index contributed by atoms with van der Waals surface area (Å²) in [4.78, 5) is 1.07. The maximum Gasteiger partial charge on any atom is 0.123 e. The van der Waals surface area contributed by atoms with E-state index < -0.39 is 0 Å². The van der Waals surface area contributed by atoms with Crippen molar-refractivity contribution < 1.29 is 0 Å². The SMILES string of the molecule is C[C@H](N)c1cc(C(=N)N)cs1.Cl. The van der Waals surface area contributed by atoms with Gasteiger partial charge in [-0.15, -0.1) is 23.7 Å². The normalized spacial score (nSPS) is 11.8. The molecule has 0 saturated carbocycles. The Balaban J connectivity index is 0.00000121. The number of rotatable bonds is 2. The van der Waals surface area contributed by atoms with Crippen LogP contribution in [0.5, 0.6) is 0 Å². The third-order valence-corrected chi connectivity index (χ3v) is 2.51. The minimum atomic E-state index is 0. The van der Waals surface area contributed by atoms with E-state index in [1.54, 1.807) is 11.3 Å². The van der Waals surface area contributed by atoms with Crippen LogP contribution < -0.4 is 11.5 Å². The van der Waals surface area contributed by atoms with Gasteiger partial charge in [0.25, 0.3) is 0 Å². The predicted molar refractivity (Wildman–Crippen MR) is 55.2 cm³/mol. The molecule has 0 unspecified atom stereocenters. The lowest BCUT2D eigenvalue weighted by atomic mass is 10.2. The zero-order valence-electron chi connectivity index (χ0n) is 6.70. The molecule has 0 radical (unpaired) electrons. The van der Waals surface area contributed by atoms with Crippen LogP contribution in [0.4, 0.5) is 0 Å². The fourth-order valence-corrected chi connectivity index (χ4v) is 1.60. The van der Waals surface area contributed by atoms with Gasteiger partial charge in [-0.1, -0.05) is 0 Å². The number of nitrogens with two attached hydrogens (primary N) is 2. The van der Waals surface area contributed by atoms with Gasteiger partial charge in [0, 0.05) is 21.9 Å². The molecule has 0 spiro atoms. The van der Waals surface area contributed by atoms with E-state index in [0.29, 0.717) is 0 Å². The largest absolute Gasteiger partial charge is 0.384 e. The molecular weight excluding hydrogens is 194 g/mol. The molecular formula is C7H12ClN3S. The number of nitrogens with one attached hydrogen (secondary N) is 1. The molecule has 0 aliphatic heterocycles. The molecule has 1 rings (SSSR count). The summed E-state index contributed by atoms with van der Waals surface area (Å²) in [6, 6.07) is 1.89. The highest BCUT2D eigenvalue weighted by Crippen LogP contribution is 2.19. The molecule has 12 heavy (non-hydrogen) atoms. The first-order valence-corrected chi connectivity index (χ1v) is 4.17. The Bertz CT molecular complexity index is 269. The molecule has 68 valence electrons. The van der Waals surface area contributed by atoms with E-state index in [2.05, 4.69) is 0 Å². The molecule has 0 amide bonds. The topological polar surface area (TPSA) is 75.9 Å². The molecule has 0 fully saturated rings. The Morgan fingerprint density at radius 1 is 1.67 bits per heavy atom. The second kappa shape index (κ2) is 4.45. The van der Waals surface area contributed by atoms with E-state index >= 15 is 0 Å². The van der Waals surface area contributed by atoms with Crippen molar-refractivity contribution in [3.63, 3.8) is 0 Å². The van der Waals surface area contributed by atoms with Gasteiger partial charge < -0.3 is 11.5 Å². The van der Waals surface area contributed by atoms with Crippen LogP contribution in [0.2, 0.25) is 0 Å². The third kappa shape index (κ3) is 2.48. The summed E-state index contributed by atoms with van der Waals surface area (Å²) >= 11 is 1.54. The molecule has 1 aromatic heterocycles. The summed E-state index contributed by atoms with van der Waals surface area (Å²) in [6.45, 7) is 1.91. The van der Waals surface area contributed by atoms with Gasteiger partial charge in [0.2, 0.25) is 0 Å². The Morgan fingerprint density at radius 2 is 2.25 bits per heavy atom. The summed E-state index contributed by atoms with van der Waals surface area (Å²) in [5.41, 5.74) is 11.7. The van der Waals surface area contributed by atoms with Gasteiger partial charge in [0.1, 0.15) is 5.84 Å². The van der Waals surface area contributed by atoms with Crippen molar-refractivity contribution in [1.29, 1.82) is 5.41 Å². The van der Waals surface area contributed by atoms with Crippen molar-refractivity contribution in [1.82, 2.24) is 0 Å². The zero-order chi connectivity index (χ0) is 8.43. The first-order chi connectivity index (χ1) is 5.11. The monoisotopic (exact) mass is 205 g/mol. The van der Waals surface area contributed by atoms with Crippen molar-refractivity contribution >= 4 is 29.6 Å². The van der Waals surface area contributed by atoms with Gasteiger partial charge in [0.15, 0.2) is 0 Å². The minimum absolute atomic E-state index is 0. The van der Waals surface area contributed by atoms with Gasteiger partial charge in [0.05, 0.1) is 0 Å². The molecule has 5 N–H and O–H groups in total. The molecule has 0 aromatic carbocycles. The molecule has 1 heterocycles. The quantitative estimate of drug-likeness (QED) is 0.505. The number of hydrogen-bond acceptors (Lipinski definition) is 3. The maximum atomic E-state index is 7.13. The lowest BCUT2D eigenvalue weighted by Crippen LogP contribution is -2.09. The minimum Gasteiger partial charge on any atom is -0.384 e. The molecule has 1 atom stereocenters. The predicted octanol–water partition coefficient (Wildman–Crippen LogP) is 1.47. The summed E-state index contributed by atoms with van der Waals surface area (Å²) < 4.78 is 0. The van der Waals surface area contributed by atoms with E-state index in [1.165, 1.54) is 0 Å². The maximum absolute atomic E-state index is 7.13. The second-order valence-corrected chi connectivity index (χ2v) is 3.38. The highest BCUT2D eigenvalue weighted by atomic mass is 35.5. The second-order valence-electron chi connectivity index (χ2n) is 2.44. The number of halogens is 1. The average molecular weight is 206 g/mol. The van der Waals surface area contributed by atoms with Gasteiger partial charge >= 0.3 is 0 Å². The van der Waals surface area contributed by atoms with Crippen LogP contribution in [-0.2, 0) is 0 Å². The smallest absolute Gasteiger partial charge is 0.123 e. The van der Waals surface area contributed by atoms with E-state index in [1.807, 2.05) is 18.4 Å². The van der Waals surface area contributed by atoms with E-state index in [4.69, 9.17) is 16.9 Å². The fraction of sp³-hybridized carbons (Fsp3) is 0.286. The molecule has 0 saturated heterocycles. The van der Waals surface area contributed by atoms with Gasteiger partial charge in [-0.05, 0) is 13.0 Å². The van der Waals surface area contributed by atoms with Crippen molar-refractivity contribution in [2.24, 2.45) is 11.5 Å². The van der Waals surface area contributed by atoms with Gasteiger partial charge in [-0.2, -0.15) is 0 Å². The van der Waals surface area contributed by atoms with E-state index in [0.717, 1.165) is 10.4 Å². The fourth-order valence-electron chi connectivity index (χ4n) is 0.733. The number of hydrogen-bond donors (Lipinski definition) is 3. The number of amidine groups is 1. The Hall–Kier alpha value is -0.580. The number of nitrogen functional groups attached to an aromatic ring is 1. The summed E-state index contributed by atoms with van der Waals surface area (Å²) in [6.07, 6.45) is 0. The lowest BCUT2D eigenvalue weighted by Gasteiger charge is -1.97. The van der Waals surface area contributed by atoms with Crippen LogP contribution in [0.3, 0.4) is 0 Å². The highest BCUT2D eigenvalue weighted by molar-refractivity contribution is 7.10. The highest BCUT2D eigenvalue weighted by Gasteiger charge is 2.04. The Labute approximate surface area is 81.7 Å². The van der Waals surface area contributed by atoms with Crippen molar-refractivity contribution in [3.8, 4) is 0 Å². The summed E-state index contributed by atoms with van der Waals surface area (Å²) in [7, 11) is 0. The molecule has 1 aromatic rings.